The number of hydrogen-bond acceptors (Lipinski definition) is 0. The molecule has 1 unspecified atom stereocenters. The molecule has 0 aromatic carbocycles. The van der Waals surface area contributed by atoms with Crippen LogP contribution in [0.5, 0.6) is 0 Å². The zero-order valence-corrected chi connectivity index (χ0v) is 11.1. The molecular formula is C12H22S2+2. The largest absolute Gasteiger partial charge is 0.126 e. The van der Waals surface area contributed by atoms with Crippen molar-refractivity contribution in [1.29, 1.82) is 0 Å². The van der Waals surface area contributed by atoms with Crippen LogP contribution in [0.1, 0.15) is 19.3 Å². The Bertz CT molecular complexity index is 214. The van der Waals surface area contributed by atoms with Gasteiger partial charge in [-0.05, 0) is 46.6 Å². The van der Waals surface area contributed by atoms with E-state index in [1.165, 1.54) is 42.3 Å². The topological polar surface area (TPSA) is 0 Å². The predicted octanol–water partition coefficient (Wildman–Crippen LogP) is 2.22. The highest BCUT2D eigenvalue weighted by atomic mass is 32.2. The standard InChI is InChI=1S/C12H22S2/c1-13-7-3-11(4-8-13)12-5-9-14(2)10-6-12/h3,12H,4-10H2,1-2H3/q+2. The molecule has 0 bridgehead atoms. The average molecular weight is 230 g/mol. The van der Waals surface area contributed by atoms with Crippen molar-refractivity contribution in [1.82, 2.24) is 0 Å². The summed E-state index contributed by atoms with van der Waals surface area (Å²) < 4.78 is 0. The molecule has 0 radical (unpaired) electrons. The van der Waals surface area contributed by atoms with Gasteiger partial charge in [-0.1, -0.05) is 5.57 Å². The van der Waals surface area contributed by atoms with E-state index in [1.54, 1.807) is 0 Å². The van der Waals surface area contributed by atoms with Crippen LogP contribution in [0.25, 0.3) is 0 Å². The summed E-state index contributed by atoms with van der Waals surface area (Å²) in [4.78, 5) is 0. The fourth-order valence-corrected chi connectivity index (χ4v) is 5.23. The third-order valence-corrected chi connectivity index (χ3v) is 7.03. The Morgan fingerprint density at radius 2 is 1.79 bits per heavy atom. The second-order valence-corrected chi connectivity index (χ2v) is 9.33. The smallest absolute Gasteiger partial charge is 0.0615 e. The molecule has 0 aromatic rings. The summed E-state index contributed by atoms with van der Waals surface area (Å²) in [7, 11) is 1.46. The molecule has 1 saturated heterocycles. The van der Waals surface area contributed by atoms with Gasteiger partial charge in [0.25, 0.3) is 0 Å². The Labute approximate surface area is 94.2 Å². The van der Waals surface area contributed by atoms with Crippen molar-refractivity contribution >= 4 is 21.8 Å². The first-order valence-corrected chi connectivity index (χ1v) is 9.57. The molecule has 0 nitrogen and oxygen atoms in total. The van der Waals surface area contributed by atoms with Crippen LogP contribution in [0.2, 0.25) is 0 Å². The van der Waals surface area contributed by atoms with Crippen LogP contribution in [0, 0.1) is 5.92 Å². The molecule has 2 heteroatoms. The van der Waals surface area contributed by atoms with Gasteiger partial charge in [-0.25, -0.2) is 0 Å². The van der Waals surface area contributed by atoms with Gasteiger partial charge in [0, 0.05) is 6.42 Å². The van der Waals surface area contributed by atoms with Crippen LogP contribution in [0.3, 0.4) is 0 Å². The number of hydrogen-bond donors (Lipinski definition) is 0. The Morgan fingerprint density at radius 3 is 2.36 bits per heavy atom. The first-order valence-electron chi connectivity index (χ1n) is 5.63. The van der Waals surface area contributed by atoms with Gasteiger partial charge >= 0.3 is 0 Å². The lowest BCUT2D eigenvalue weighted by atomic mass is 9.91. The quantitative estimate of drug-likeness (QED) is 0.479. The molecule has 0 amide bonds. The van der Waals surface area contributed by atoms with Gasteiger partial charge in [0.2, 0.25) is 0 Å². The number of allylic oxidation sites excluding steroid dienone is 1. The molecular weight excluding hydrogens is 208 g/mol. The normalized spacial score (nSPS) is 39.3. The van der Waals surface area contributed by atoms with Gasteiger partial charge in [0.1, 0.15) is 23.0 Å². The lowest BCUT2D eigenvalue weighted by molar-refractivity contribution is 0.548. The third kappa shape index (κ3) is 2.73. The lowest BCUT2D eigenvalue weighted by Gasteiger charge is -2.25. The summed E-state index contributed by atoms with van der Waals surface area (Å²) in [6.45, 7) is 0. The van der Waals surface area contributed by atoms with Crippen molar-refractivity contribution in [3.8, 4) is 0 Å². The summed E-state index contributed by atoms with van der Waals surface area (Å²) in [5, 5.41) is 0. The molecule has 0 aliphatic carbocycles. The van der Waals surface area contributed by atoms with Crippen molar-refractivity contribution in [3.63, 3.8) is 0 Å². The summed E-state index contributed by atoms with van der Waals surface area (Å²) in [5.74, 6) is 6.83. The first-order chi connectivity index (χ1) is 6.75. The van der Waals surface area contributed by atoms with E-state index in [-0.39, 0.29) is 0 Å². The molecule has 2 aliphatic rings. The van der Waals surface area contributed by atoms with Crippen LogP contribution in [0.4, 0.5) is 0 Å². The molecule has 1 fully saturated rings. The summed E-state index contributed by atoms with van der Waals surface area (Å²) in [5.41, 5.74) is 1.83. The molecule has 2 heterocycles. The Morgan fingerprint density at radius 1 is 1.07 bits per heavy atom. The van der Waals surface area contributed by atoms with E-state index in [0.29, 0.717) is 10.9 Å². The fourth-order valence-electron chi connectivity index (χ4n) is 2.40. The van der Waals surface area contributed by atoms with Gasteiger partial charge in [-0.3, -0.25) is 0 Å². The van der Waals surface area contributed by atoms with Crippen molar-refractivity contribution < 1.29 is 0 Å². The molecule has 0 N–H and O–H groups in total. The molecule has 2 rings (SSSR count). The van der Waals surface area contributed by atoms with E-state index in [1.807, 2.05) is 5.57 Å². The highest BCUT2D eigenvalue weighted by Gasteiger charge is 2.29. The molecule has 14 heavy (non-hydrogen) atoms. The summed E-state index contributed by atoms with van der Waals surface area (Å²) in [6, 6.07) is 0. The lowest BCUT2D eigenvalue weighted by Crippen LogP contribution is -2.26. The van der Waals surface area contributed by atoms with Crippen LogP contribution in [-0.4, -0.2) is 35.5 Å². The van der Waals surface area contributed by atoms with Gasteiger partial charge in [-0.2, -0.15) is 0 Å². The van der Waals surface area contributed by atoms with E-state index in [9.17, 15) is 0 Å². The molecule has 0 aromatic heterocycles. The van der Waals surface area contributed by atoms with Gasteiger partial charge in [0.05, 0.1) is 12.5 Å². The summed E-state index contributed by atoms with van der Waals surface area (Å²) >= 11 is 0. The maximum Gasteiger partial charge on any atom is 0.126 e. The molecule has 2 aliphatic heterocycles. The van der Waals surface area contributed by atoms with Crippen LogP contribution >= 0.6 is 0 Å². The average Bonchev–Trinajstić information content (AvgIpc) is 2.21. The zero-order valence-electron chi connectivity index (χ0n) is 9.42. The molecule has 1 atom stereocenters. The zero-order chi connectivity index (χ0) is 9.97. The Hall–Kier alpha value is 0.440. The van der Waals surface area contributed by atoms with E-state index in [4.69, 9.17) is 0 Å². The minimum Gasteiger partial charge on any atom is -0.0615 e. The van der Waals surface area contributed by atoms with Gasteiger partial charge in [-0.15, -0.1) is 0 Å². The second-order valence-electron chi connectivity index (χ2n) is 4.65. The maximum atomic E-state index is 2.58. The van der Waals surface area contributed by atoms with Crippen molar-refractivity contribution in [3.05, 3.63) is 11.6 Å². The number of rotatable bonds is 1. The van der Waals surface area contributed by atoms with E-state index in [2.05, 4.69) is 18.6 Å². The SMILES string of the molecule is C[S+]1CC=C(C2CC[S+](C)CC2)CC1. The van der Waals surface area contributed by atoms with Crippen molar-refractivity contribution in [2.45, 2.75) is 19.3 Å². The van der Waals surface area contributed by atoms with Crippen LogP contribution in [0.15, 0.2) is 11.6 Å². The third-order valence-electron chi connectivity index (χ3n) is 3.52. The second kappa shape index (κ2) is 4.98. The van der Waals surface area contributed by atoms with Crippen LogP contribution < -0.4 is 0 Å². The first kappa shape index (κ1) is 10.9. The van der Waals surface area contributed by atoms with Gasteiger partial charge < -0.3 is 0 Å². The van der Waals surface area contributed by atoms with E-state index in [0.717, 1.165) is 16.8 Å². The predicted molar refractivity (Wildman–Crippen MR) is 71.5 cm³/mol. The summed E-state index contributed by atoms with van der Waals surface area (Å²) in [6.07, 6.45) is 11.8. The van der Waals surface area contributed by atoms with Crippen molar-refractivity contribution in [2.24, 2.45) is 5.92 Å². The van der Waals surface area contributed by atoms with Gasteiger partial charge in [0.15, 0.2) is 0 Å². The van der Waals surface area contributed by atoms with E-state index < -0.39 is 0 Å². The Kier molecular flexibility index (Phi) is 3.89. The van der Waals surface area contributed by atoms with E-state index >= 15 is 0 Å². The molecule has 80 valence electrons. The monoisotopic (exact) mass is 230 g/mol. The highest BCUT2D eigenvalue weighted by Crippen LogP contribution is 2.30. The van der Waals surface area contributed by atoms with Crippen LogP contribution in [-0.2, 0) is 21.8 Å². The van der Waals surface area contributed by atoms with Crippen molar-refractivity contribution in [2.75, 3.05) is 35.5 Å². The maximum absolute atomic E-state index is 2.58. The highest BCUT2D eigenvalue weighted by molar-refractivity contribution is 7.96. The Balaban J connectivity index is 1.89. The molecule has 0 spiro atoms. The fraction of sp³-hybridized carbons (Fsp3) is 0.833. The minimum absolute atomic E-state index is 0.703. The minimum atomic E-state index is 0.703. The molecule has 0 saturated carbocycles.